The van der Waals surface area contributed by atoms with Crippen LogP contribution in [-0.2, 0) is 6.54 Å². The molecule has 4 rings (SSSR count). The number of anilines is 1. The van der Waals surface area contributed by atoms with Crippen LogP contribution in [0.25, 0.3) is 16.6 Å². The van der Waals surface area contributed by atoms with Gasteiger partial charge in [-0.3, -0.25) is 4.98 Å². The van der Waals surface area contributed by atoms with Gasteiger partial charge in [0.05, 0.1) is 23.4 Å². The van der Waals surface area contributed by atoms with Gasteiger partial charge in [0.2, 0.25) is 0 Å². The average molecular weight is 289 g/mol. The van der Waals surface area contributed by atoms with Crippen molar-refractivity contribution >= 4 is 22.4 Å². The molecule has 5 nitrogen and oxygen atoms in total. The molecule has 108 valence electrons. The number of hydrogen-bond acceptors (Lipinski definition) is 4. The molecular formula is C17H15N5. The van der Waals surface area contributed by atoms with Crippen LogP contribution in [0.5, 0.6) is 0 Å². The number of aryl methyl sites for hydroxylation is 1. The van der Waals surface area contributed by atoms with Gasteiger partial charge in [0, 0.05) is 17.6 Å². The SMILES string of the molecule is Cc1cc2nc(NCc3ccccn3)c3ccccc3n2n1. The van der Waals surface area contributed by atoms with Crippen LogP contribution >= 0.6 is 0 Å². The number of para-hydroxylation sites is 1. The molecule has 0 spiro atoms. The quantitative estimate of drug-likeness (QED) is 0.629. The third-order valence-corrected chi connectivity index (χ3v) is 3.59. The van der Waals surface area contributed by atoms with Gasteiger partial charge in [-0.05, 0) is 31.2 Å². The zero-order chi connectivity index (χ0) is 14.9. The van der Waals surface area contributed by atoms with Crippen molar-refractivity contribution in [3.8, 4) is 0 Å². The fourth-order valence-electron chi connectivity index (χ4n) is 2.59. The normalized spacial score (nSPS) is 11.1. The molecule has 1 aromatic carbocycles. The second-order valence-electron chi connectivity index (χ2n) is 5.21. The summed E-state index contributed by atoms with van der Waals surface area (Å²) in [6, 6.07) is 16.0. The molecule has 0 radical (unpaired) electrons. The monoisotopic (exact) mass is 289 g/mol. The smallest absolute Gasteiger partial charge is 0.158 e. The van der Waals surface area contributed by atoms with Gasteiger partial charge in [-0.15, -0.1) is 0 Å². The molecule has 0 amide bonds. The molecule has 0 unspecified atom stereocenters. The van der Waals surface area contributed by atoms with Crippen LogP contribution in [0, 0.1) is 6.92 Å². The van der Waals surface area contributed by atoms with Gasteiger partial charge in [-0.2, -0.15) is 5.10 Å². The number of fused-ring (bicyclic) bond motifs is 3. The number of aromatic nitrogens is 4. The summed E-state index contributed by atoms with van der Waals surface area (Å²) in [6.07, 6.45) is 1.80. The fourth-order valence-corrected chi connectivity index (χ4v) is 2.59. The van der Waals surface area contributed by atoms with Crippen LogP contribution < -0.4 is 5.32 Å². The summed E-state index contributed by atoms with van der Waals surface area (Å²) in [7, 11) is 0. The highest BCUT2D eigenvalue weighted by atomic mass is 15.3. The summed E-state index contributed by atoms with van der Waals surface area (Å²) in [5, 5.41) is 8.96. The predicted molar refractivity (Wildman–Crippen MR) is 86.8 cm³/mol. The van der Waals surface area contributed by atoms with E-state index < -0.39 is 0 Å². The summed E-state index contributed by atoms with van der Waals surface area (Å²) in [5.74, 6) is 0.855. The van der Waals surface area contributed by atoms with Gasteiger partial charge in [0.1, 0.15) is 5.82 Å². The number of rotatable bonds is 3. The van der Waals surface area contributed by atoms with Gasteiger partial charge in [-0.25, -0.2) is 9.50 Å². The zero-order valence-electron chi connectivity index (χ0n) is 12.2. The second-order valence-corrected chi connectivity index (χ2v) is 5.21. The van der Waals surface area contributed by atoms with Crippen molar-refractivity contribution in [1.82, 2.24) is 19.6 Å². The van der Waals surface area contributed by atoms with Crippen molar-refractivity contribution in [2.24, 2.45) is 0 Å². The standard InChI is InChI=1S/C17H15N5/c1-12-10-16-20-17(19-11-13-6-4-5-9-18-13)14-7-2-3-8-15(14)22(16)21-12/h2-10H,11H2,1H3,(H,19,20). The van der Waals surface area contributed by atoms with Crippen LogP contribution in [0.3, 0.4) is 0 Å². The van der Waals surface area contributed by atoms with E-state index in [-0.39, 0.29) is 0 Å². The Labute approximate surface area is 127 Å². The van der Waals surface area contributed by atoms with E-state index in [1.54, 1.807) is 6.20 Å². The molecule has 0 aliphatic rings. The van der Waals surface area contributed by atoms with Gasteiger partial charge in [-0.1, -0.05) is 18.2 Å². The molecule has 5 heteroatoms. The molecule has 22 heavy (non-hydrogen) atoms. The van der Waals surface area contributed by atoms with E-state index in [2.05, 4.69) is 27.5 Å². The topological polar surface area (TPSA) is 55.1 Å². The lowest BCUT2D eigenvalue weighted by molar-refractivity contribution is 0.952. The number of benzene rings is 1. The Balaban J connectivity index is 1.81. The Bertz CT molecular complexity index is 943. The van der Waals surface area contributed by atoms with E-state index in [0.29, 0.717) is 6.54 Å². The molecule has 0 fully saturated rings. The molecule has 3 aromatic heterocycles. The Hall–Kier alpha value is -2.95. The lowest BCUT2D eigenvalue weighted by atomic mass is 10.2. The molecule has 1 N–H and O–H groups in total. The minimum absolute atomic E-state index is 0.640. The maximum Gasteiger partial charge on any atom is 0.158 e. The number of hydrogen-bond donors (Lipinski definition) is 1. The molecule has 0 aliphatic heterocycles. The van der Waals surface area contributed by atoms with Gasteiger partial charge >= 0.3 is 0 Å². The zero-order valence-corrected chi connectivity index (χ0v) is 12.2. The van der Waals surface area contributed by atoms with E-state index in [1.165, 1.54) is 0 Å². The fraction of sp³-hybridized carbons (Fsp3) is 0.118. The minimum atomic E-state index is 0.640. The highest BCUT2D eigenvalue weighted by molar-refractivity contribution is 5.91. The molecule has 3 heterocycles. The van der Waals surface area contributed by atoms with Crippen LogP contribution in [0.1, 0.15) is 11.4 Å². The molecule has 0 aliphatic carbocycles. The summed E-state index contributed by atoms with van der Waals surface area (Å²) in [5.41, 5.74) is 3.83. The van der Waals surface area contributed by atoms with Gasteiger partial charge < -0.3 is 5.32 Å². The predicted octanol–water partition coefficient (Wildman–Crippen LogP) is 3.20. The number of pyridine rings is 1. The summed E-state index contributed by atoms with van der Waals surface area (Å²) >= 11 is 0. The summed E-state index contributed by atoms with van der Waals surface area (Å²) in [4.78, 5) is 9.03. The maximum absolute atomic E-state index is 4.70. The van der Waals surface area contributed by atoms with Crippen LogP contribution in [0.4, 0.5) is 5.82 Å². The molecular weight excluding hydrogens is 274 g/mol. The first-order valence-corrected chi connectivity index (χ1v) is 7.20. The highest BCUT2D eigenvalue weighted by Gasteiger charge is 2.09. The average Bonchev–Trinajstić information content (AvgIpc) is 2.94. The van der Waals surface area contributed by atoms with Crippen molar-refractivity contribution in [2.45, 2.75) is 13.5 Å². The Morgan fingerprint density at radius 1 is 1.09 bits per heavy atom. The molecule has 0 saturated carbocycles. The van der Waals surface area contributed by atoms with Crippen LogP contribution in [-0.4, -0.2) is 19.6 Å². The highest BCUT2D eigenvalue weighted by Crippen LogP contribution is 2.23. The molecule has 0 saturated heterocycles. The molecule has 4 aromatic rings. The first-order valence-electron chi connectivity index (χ1n) is 7.20. The largest absolute Gasteiger partial charge is 0.364 e. The van der Waals surface area contributed by atoms with Crippen LogP contribution in [0.15, 0.2) is 54.7 Å². The lowest BCUT2D eigenvalue weighted by Crippen LogP contribution is -2.05. The molecule has 0 bridgehead atoms. The van der Waals surface area contributed by atoms with Crippen molar-refractivity contribution in [3.05, 3.63) is 66.1 Å². The van der Waals surface area contributed by atoms with E-state index in [4.69, 9.17) is 4.98 Å². The Morgan fingerprint density at radius 3 is 2.82 bits per heavy atom. The minimum Gasteiger partial charge on any atom is -0.364 e. The van der Waals surface area contributed by atoms with Crippen molar-refractivity contribution in [2.75, 3.05) is 5.32 Å². The van der Waals surface area contributed by atoms with E-state index >= 15 is 0 Å². The lowest BCUT2D eigenvalue weighted by Gasteiger charge is -2.10. The Kier molecular flexibility index (Phi) is 2.96. The van der Waals surface area contributed by atoms with Crippen molar-refractivity contribution in [3.63, 3.8) is 0 Å². The van der Waals surface area contributed by atoms with Gasteiger partial charge in [0.25, 0.3) is 0 Å². The van der Waals surface area contributed by atoms with Crippen molar-refractivity contribution < 1.29 is 0 Å². The van der Waals surface area contributed by atoms with Crippen LogP contribution in [0.2, 0.25) is 0 Å². The summed E-state index contributed by atoms with van der Waals surface area (Å²) < 4.78 is 1.89. The molecule has 0 atom stereocenters. The first-order chi connectivity index (χ1) is 10.8. The van der Waals surface area contributed by atoms with Crippen molar-refractivity contribution in [1.29, 1.82) is 0 Å². The van der Waals surface area contributed by atoms with E-state index in [0.717, 1.165) is 33.8 Å². The third-order valence-electron chi connectivity index (χ3n) is 3.59. The maximum atomic E-state index is 4.70. The van der Waals surface area contributed by atoms with E-state index in [9.17, 15) is 0 Å². The summed E-state index contributed by atoms with van der Waals surface area (Å²) in [6.45, 7) is 2.62. The number of nitrogens with zero attached hydrogens (tertiary/aromatic N) is 4. The Morgan fingerprint density at radius 2 is 1.95 bits per heavy atom. The number of nitrogens with one attached hydrogen (secondary N) is 1. The third kappa shape index (κ3) is 2.16. The van der Waals surface area contributed by atoms with E-state index in [1.807, 2.05) is 47.8 Å². The first kappa shape index (κ1) is 12.8. The van der Waals surface area contributed by atoms with Gasteiger partial charge in [0.15, 0.2) is 5.65 Å². The second kappa shape index (κ2) is 5.11.